The third-order valence-electron chi connectivity index (χ3n) is 8.54. The van der Waals surface area contributed by atoms with Gasteiger partial charge in [0.25, 0.3) is 5.91 Å². The number of Topliss-reactive ketones (excluding diaryl/α,β-unsaturated/α-hetero) is 2. The molecule has 0 radical (unpaired) electrons. The average Bonchev–Trinajstić information content (AvgIpc) is 3.29. The van der Waals surface area contributed by atoms with Gasteiger partial charge in [-0.05, 0) is 79.2 Å². The molecule has 1 unspecified atom stereocenters. The largest absolute Gasteiger partial charge is 0.489 e. The van der Waals surface area contributed by atoms with Crippen LogP contribution in [0.3, 0.4) is 0 Å². The molecule has 3 aliphatic rings. The van der Waals surface area contributed by atoms with E-state index in [0.717, 1.165) is 55.2 Å². The van der Waals surface area contributed by atoms with E-state index < -0.39 is 17.7 Å². The van der Waals surface area contributed by atoms with Gasteiger partial charge in [-0.3, -0.25) is 19.3 Å². The van der Waals surface area contributed by atoms with Gasteiger partial charge in [0.2, 0.25) is 0 Å². The lowest BCUT2D eigenvalue weighted by Crippen LogP contribution is -2.44. The minimum Gasteiger partial charge on any atom is -0.489 e. The van der Waals surface area contributed by atoms with Gasteiger partial charge in [-0.2, -0.15) is 0 Å². The molecule has 1 amide bonds. The van der Waals surface area contributed by atoms with Crippen LogP contribution in [0.5, 0.6) is 5.75 Å². The van der Waals surface area contributed by atoms with E-state index in [1.54, 1.807) is 17.0 Å². The summed E-state index contributed by atoms with van der Waals surface area (Å²) in [7, 11) is 0. The van der Waals surface area contributed by atoms with Gasteiger partial charge in [0, 0.05) is 30.2 Å². The van der Waals surface area contributed by atoms with Crippen LogP contribution in [0.2, 0.25) is 0 Å². The summed E-state index contributed by atoms with van der Waals surface area (Å²) in [6, 6.07) is 16.9. The molecule has 0 aromatic heterocycles. The molecule has 6 rings (SSSR count). The van der Waals surface area contributed by atoms with E-state index in [-0.39, 0.29) is 42.2 Å². The fourth-order valence-corrected chi connectivity index (χ4v) is 6.30. The lowest BCUT2D eigenvalue weighted by atomic mass is 9.89. The summed E-state index contributed by atoms with van der Waals surface area (Å²) in [6.07, 6.45) is 2.33. The zero-order valence-electron chi connectivity index (χ0n) is 23.2. The third kappa shape index (κ3) is 6.40. The van der Waals surface area contributed by atoms with E-state index in [2.05, 4.69) is 17.0 Å². The van der Waals surface area contributed by atoms with Crippen molar-refractivity contribution in [3.63, 3.8) is 0 Å². The first-order chi connectivity index (χ1) is 19.8. The van der Waals surface area contributed by atoms with Crippen molar-refractivity contribution in [1.82, 2.24) is 9.80 Å². The molecule has 0 bridgehead atoms. The predicted molar refractivity (Wildman–Crippen MR) is 156 cm³/mol. The molecule has 1 atom stereocenters. The Hall–Kier alpha value is -3.62. The van der Waals surface area contributed by atoms with Crippen LogP contribution >= 0.6 is 12.4 Å². The lowest BCUT2D eigenvalue weighted by Gasteiger charge is -2.32. The maximum Gasteiger partial charge on any atom is 0.255 e. The molecule has 220 valence electrons. The third-order valence-corrected chi connectivity index (χ3v) is 8.54. The van der Waals surface area contributed by atoms with E-state index >= 15 is 0 Å². The van der Waals surface area contributed by atoms with E-state index in [9.17, 15) is 23.2 Å². The van der Waals surface area contributed by atoms with Crippen molar-refractivity contribution in [2.75, 3.05) is 13.1 Å². The highest BCUT2D eigenvalue weighted by Crippen LogP contribution is 2.35. The summed E-state index contributed by atoms with van der Waals surface area (Å²) >= 11 is 0. The first kappa shape index (κ1) is 29.9. The van der Waals surface area contributed by atoms with Crippen LogP contribution < -0.4 is 4.74 Å². The van der Waals surface area contributed by atoms with Crippen molar-refractivity contribution in [1.29, 1.82) is 0 Å². The molecular weight excluding hydrogens is 562 g/mol. The Kier molecular flexibility index (Phi) is 9.04. The van der Waals surface area contributed by atoms with E-state index in [0.29, 0.717) is 37.3 Å². The van der Waals surface area contributed by atoms with Gasteiger partial charge in [0.05, 0.1) is 19.0 Å². The van der Waals surface area contributed by atoms with Crippen molar-refractivity contribution in [2.24, 2.45) is 0 Å². The maximum absolute atomic E-state index is 13.6. The molecule has 2 aliphatic heterocycles. The molecule has 6 nitrogen and oxygen atoms in total. The molecule has 9 heteroatoms. The standard InChI is InChI=1S/C33H32F2N2O4.ClH/c34-25-14-24(15-26(35)16-25)23-10-12-36(13-11-23)18-21-4-6-22(7-5-21)20-41-32-3-1-2-28-29(32)19-37(33(28)40)30-9-8-27(38)17-31(30)39;/h1-7,14-16,23,30H,8-13,17-20H2;1H. The quantitative estimate of drug-likeness (QED) is 0.314. The minimum atomic E-state index is -0.553. The highest BCUT2D eigenvalue weighted by molar-refractivity contribution is 6.07. The normalized spacial score (nSPS) is 19.5. The molecule has 1 saturated heterocycles. The summed E-state index contributed by atoms with van der Waals surface area (Å²) in [5, 5.41) is 0. The predicted octanol–water partition coefficient (Wildman–Crippen LogP) is 5.99. The molecule has 1 saturated carbocycles. The van der Waals surface area contributed by atoms with Gasteiger partial charge in [-0.15, -0.1) is 12.4 Å². The topological polar surface area (TPSA) is 66.9 Å². The molecule has 0 N–H and O–H groups in total. The highest BCUT2D eigenvalue weighted by Gasteiger charge is 2.40. The zero-order valence-corrected chi connectivity index (χ0v) is 24.0. The fourth-order valence-electron chi connectivity index (χ4n) is 6.30. The second-order valence-corrected chi connectivity index (χ2v) is 11.3. The molecule has 3 aromatic rings. The number of amides is 1. The minimum absolute atomic E-state index is 0. The van der Waals surface area contributed by atoms with E-state index in [1.807, 2.05) is 18.2 Å². The number of piperidine rings is 1. The van der Waals surface area contributed by atoms with Crippen LogP contribution in [0, 0.1) is 11.6 Å². The Labute approximate surface area is 250 Å². The van der Waals surface area contributed by atoms with Crippen LogP contribution in [0.25, 0.3) is 0 Å². The molecular formula is C33H33ClF2N2O4. The fraction of sp³-hybridized carbons (Fsp3) is 0.364. The number of ketones is 2. The van der Waals surface area contributed by atoms with Crippen molar-refractivity contribution < 1.29 is 27.9 Å². The number of hydrogen-bond acceptors (Lipinski definition) is 5. The van der Waals surface area contributed by atoms with Gasteiger partial charge in [0.1, 0.15) is 29.8 Å². The first-order valence-corrected chi connectivity index (χ1v) is 14.2. The summed E-state index contributed by atoms with van der Waals surface area (Å²) < 4.78 is 33.4. The molecule has 2 heterocycles. The first-order valence-electron chi connectivity index (χ1n) is 14.2. The number of likely N-dealkylation sites (tertiary alicyclic amines) is 1. The van der Waals surface area contributed by atoms with Crippen LogP contribution in [0.1, 0.15) is 70.6 Å². The van der Waals surface area contributed by atoms with Gasteiger partial charge < -0.3 is 9.64 Å². The number of carbonyl (C=O) groups is 3. The monoisotopic (exact) mass is 594 g/mol. The van der Waals surface area contributed by atoms with Crippen LogP contribution in [0.15, 0.2) is 60.7 Å². The number of rotatable bonds is 7. The lowest BCUT2D eigenvalue weighted by molar-refractivity contribution is -0.133. The smallest absolute Gasteiger partial charge is 0.255 e. The van der Waals surface area contributed by atoms with Gasteiger partial charge in [0.15, 0.2) is 5.78 Å². The molecule has 3 aromatic carbocycles. The summed E-state index contributed by atoms with van der Waals surface area (Å²) in [4.78, 5) is 41.1. The maximum atomic E-state index is 13.6. The number of carbonyl (C=O) groups excluding carboxylic acids is 3. The Morgan fingerprint density at radius 1 is 0.857 bits per heavy atom. The Morgan fingerprint density at radius 2 is 1.55 bits per heavy atom. The summed E-state index contributed by atoms with van der Waals surface area (Å²) in [5.74, 6) is -0.672. The zero-order chi connectivity index (χ0) is 28.5. The number of nitrogens with zero attached hydrogens (tertiary/aromatic N) is 2. The second-order valence-electron chi connectivity index (χ2n) is 11.3. The van der Waals surface area contributed by atoms with Gasteiger partial charge in [-0.25, -0.2) is 8.78 Å². The van der Waals surface area contributed by atoms with Crippen LogP contribution in [-0.4, -0.2) is 46.4 Å². The molecule has 0 spiro atoms. The number of benzene rings is 3. The second kappa shape index (κ2) is 12.7. The van der Waals surface area contributed by atoms with Gasteiger partial charge in [-0.1, -0.05) is 30.3 Å². The summed E-state index contributed by atoms with van der Waals surface area (Å²) in [5.41, 5.74) is 4.26. The average molecular weight is 595 g/mol. The number of ether oxygens (including phenoxy) is 1. The number of fused-ring (bicyclic) bond motifs is 1. The summed E-state index contributed by atoms with van der Waals surface area (Å²) in [6.45, 7) is 3.19. The van der Waals surface area contributed by atoms with Crippen molar-refractivity contribution in [3.05, 3.63) is 100 Å². The van der Waals surface area contributed by atoms with Gasteiger partial charge >= 0.3 is 0 Å². The Morgan fingerprint density at radius 3 is 2.24 bits per heavy atom. The van der Waals surface area contributed by atoms with E-state index in [1.165, 1.54) is 17.7 Å². The molecule has 2 fully saturated rings. The van der Waals surface area contributed by atoms with E-state index in [4.69, 9.17) is 4.74 Å². The Bertz CT molecular complexity index is 1470. The number of halogens is 3. The van der Waals surface area contributed by atoms with Crippen molar-refractivity contribution in [3.8, 4) is 5.75 Å². The SMILES string of the molecule is Cl.O=C1CCC(N2Cc3c(OCc4ccc(CN5CCC(c6cc(F)cc(F)c6)CC5)cc4)cccc3C2=O)C(=O)C1. The highest BCUT2D eigenvalue weighted by atomic mass is 35.5. The van der Waals surface area contributed by atoms with Crippen LogP contribution in [0.4, 0.5) is 8.78 Å². The van der Waals surface area contributed by atoms with Crippen molar-refractivity contribution in [2.45, 2.75) is 63.8 Å². The Balaban J connectivity index is 0.00000353. The number of hydrogen-bond donors (Lipinski definition) is 0. The molecule has 42 heavy (non-hydrogen) atoms. The van der Waals surface area contributed by atoms with Crippen molar-refractivity contribution >= 4 is 29.9 Å². The molecule has 1 aliphatic carbocycles. The van der Waals surface area contributed by atoms with Crippen LogP contribution in [-0.2, 0) is 29.3 Å².